The van der Waals surface area contributed by atoms with Crippen molar-refractivity contribution in [1.82, 2.24) is 5.32 Å². The Kier molecular flexibility index (Phi) is 33.8. The molecule has 17 heteroatoms. The average molecular weight is 1090 g/mol. The van der Waals surface area contributed by atoms with Crippen molar-refractivity contribution in [3.63, 3.8) is 0 Å². The van der Waals surface area contributed by atoms with Crippen LogP contribution >= 0.6 is 0 Å². The number of ether oxygens (including phenoxy) is 14. The number of carbonyl (C=O) groups is 2. The first kappa shape index (κ1) is 66.5. The number of alkyl carbamates (subject to hydrolysis) is 1. The maximum atomic E-state index is 12.8. The Morgan fingerprint density at radius 1 is 0.566 bits per heavy atom. The monoisotopic (exact) mass is 1090 g/mol. The zero-order chi connectivity index (χ0) is 54.8. The fraction of sp³-hybridized carbons (Fsp3) is 0.932. The van der Waals surface area contributed by atoms with Gasteiger partial charge >= 0.3 is 12.1 Å². The van der Waals surface area contributed by atoms with Crippen molar-refractivity contribution >= 4 is 12.1 Å². The van der Waals surface area contributed by atoms with Crippen LogP contribution in [0.25, 0.3) is 0 Å². The lowest BCUT2D eigenvalue weighted by Crippen LogP contribution is -2.51. The van der Waals surface area contributed by atoms with Gasteiger partial charge in [0.1, 0.15) is 11.7 Å². The summed E-state index contributed by atoms with van der Waals surface area (Å²) in [6.45, 7) is 29.5. The number of allylic oxidation sites excluding steroid dienone is 1. The summed E-state index contributed by atoms with van der Waals surface area (Å²) in [6.07, 6.45) is 16.3. The zero-order valence-electron chi connectivity index (χ0n) is 48.8. The molecule has 4 rings (SSSR count). The lowest BCUT2D eigenvalue weighted by molar-refractivity contribution is -0.152. The van der Waals surface area contributed by atoms with Crippen molar-refractivity contribution in [3.8, 4) is 0 Å². The molecular weight excluding hydrogens is 979 g/mol. The number of carbonyl (C=O) groups excluding carboxylic acids is 2. The van der Waals surface area contributed by atoms with Crippen molar-refractivity contribution in [1.29, 1.82) is 0 Å². The van der Waals surface area contributed by atoms with Crippen LogP contribution in [0, 0.1) is 46.3 Å². The minimum atomic E-state index is -0.518. The highest BCUT2D eigenvalue weighted by atomic mass is 16.6. The lowest BCUT2D eigenvalue weighted by atomic mass is 9.47. The van der Waals surface area contributed by atoms with Gasteiger partial charge in [0.15, 0.2) is 0 Å². The van der Waals surface area contributed by atoms with Gasteiger partial charge in [-0.1, -0.05) is 65.5 Å². The molecule has 8 atom stereocenters. The number of rotatable bonds is 45. The molecule has 3 saturated carbocycles. The van der Waals surface area contributed by atoms with Crippen LogP contribution in [-0.4, -0.2) is 189 Å². The Labute approximate surface area is 459 Å². The minimum Gasteiger partial charge on any atom is -0.462 e. The summed E-state index contributed by atoms with van der Waals surface area (Å²) in [5, 5.41) is 2.64. The summed E-state index contributed by atoms with van der Waals surface area (Å²) in [5.41, 5.74) is 1.80. The van der Waals surface area contributed by atoms with Crippen LogP contribution in [0.5, 0.6) is 0 Å². The zero-order valence-corrected chi connectivity index (χ0v) is 48.8. The van der Waals surface area contributed by atoms with Gasteiger partial charge in [-0.25, -0.2) is 4.79 Å². The van der Waals surface area contributed by atoms with E-state index in [0.29, 0.717) is 171 Å². The molecule has 0 aliphatic heterocycles. The molecule has 0 aromatic carbocycles. The lowest BCUT2D eigenvalue weighted by Gasteiger charge is -2.58. The van der Waals surface area contributed by atoms with E-state index in [1.54, 1.807) is 5.57 Å². The van der Waals surface area contributed by atoms with E-state index in [1.807, 2.05) is 20.8 Å². The minimum absolute atomic E-state index is 0.0187. The highest BCUT2D eigenvalue weighted by Gasteiger charge is 2.59. The highest BCUT2D eigenvalue weighted by Crippen LogP contribution is 2.67. The van der Waals surface area contributed by atoms with Crippen LogP contribution in [0.2, 0.25) is 0 Å². The van der Waals surface area contributed by atoms with Crippen LogP contribution in [0.4, 0.5) is 4.79 Å². The molecule has 0 radical (unpaired) electrons. The molecule has 17 nitrogen and oxygen atoms in total. The third-order valence-corrected chi connectivity index (χ3v) is 16.0. The summed E-state index contributed by atoms with van der Waals surface area (Å²) < 4.78 is 77.7. The number of nitrogens with one attached hydrogen (secondary N) is 1. The second-order valence-corrected chi connectivity index (χ2v) is 23.2. The number of hydrogen-bond acceptors (Lipinski definition) is 16. The van der Waals surface area contributed by atoms with Crippen LogP contribution in [0.1, 0.15) is 132 Å². The van der Waals surface area contributed by atoms with Crippen molar-refractivity contribution < 1.29 is 75.9 Å². The molecule has 1 amide bonds. The predicted octanol–water partition coefficient (Wildman–Crippen LogP) is 9.05. The Morgan fingerprint density at radius 2 is 1.01 bits per heavy atom. The van der Waals surface area contributed by atoms with Crippen LogP contribution in [-0.2, 0) is 71.1 Å². The third-order valence-electron chi connectivity index (χ3n) is 16.0. The molecule has 76 heavy (non-hydrogen) atoms. The summed E-state index contributed by atoms with van der Waals surface area (Å²) in [4.78, 5) is 24.4. The van der Waals surface area contributed by atoms with E-state index >= 15 is 0 Å². The topological polar surface area (TPSA) is 175 Å². The number of amides is 1. The van der Waals surface area contributed by atoms with Crippen molar-refractivity contribution in [2.24, 2.45) is 46.3 Å². The SMILES string of the molecule is CC(C)CCC[C@@H](C)[C@H]1CC[C@H]2[C@@H]3CC=C4CC(OC(=O)CCOCCOCCOCCOCCOCCOCCOCCOCCOCCOCCOCCOCCNC(=O)OC(C)(C)C)CC[C@]4(C)[C@H]3CC[C@]12C. The molecule has 444 valence electrons. The Balaban J connectivity index is 0.818. The Bertz CT molecular complexity index is 1550. The molecule has 0 spiro atoms. The molecule has 0 aromatic rings. The quantitative estimate of drug-likeness (QED) is 0.0347. The van der Waals surface area contributed by atoms with Gasteiger partial charge < -0.3 is 71.6 Å². The predicted molar refractivity (Wildman–Crippen MR) is 292 cm³/mol. The third kappa shape index (κ3) is 26.5. The number of hydrogen-bond donors (Lipinski definition) is 1. The second-order valence-electron chi connectivity index (χ2n) is 23.2. The summed E-state index contributed by atoms with van der Waals surface area (Å²) in [5.74, 6) is 4.81. The van der Waals surface area contributed by atoms with E-state index in [2.05, 4.69) is 46.0 Å². The van der Waals surface area contributed by atoms with Crippen LogP contribution in [0.3, 0.4) is 0 Å². The van der Waals surface area contributed by atoms with E-state index in [9.17, 15) is 9.59 Å². The smallest absolute Gasteiger partial charge is 0.407 e. The van der Waals surface area contributed by atoms with Crippen LogP contribution in [0.15, 0.2) is 11.6 Å². The molecule has 1 unspecified atom stereocenters. The van der Waals surface area contributed by atoms with Gasteiger partial charge in [-0.15, -0.1) is 0 Å². The van der Waals surface area contributed by atoms with Crippen molar-refractivity contribution in [2.45, 2.75) is 144 Å². The first-order valence-corrected chi connectivity index (χ1v) is 29.5. The van der Waals surface area contributed by atoms with Crippen molar-refractivity contribution in [3.05, 3.63) is 11.6 Å². The maximum Gasteiger partial charge on any atom is 0.407 e. The van der Waals surface area contributed by atoms with E-state index in [-0.39, 0.29) is 23.9 Å². The molecule has 1 N–H and O–H groups in total. The molecule has 0 heterocycles. The van der Waals surface area contributed by atoms with E-state index < -0.39 is 11.7 Å². The first-order chi connectivity index (χ1) is 36.7. The number of esters is 1. The fourth-order valence-corrected chi connectivity index (χ4v) is 12.2. The van der Waals surface area contributed by atoms with Gasteiger partial charge in [-0.2, -0.15) is 0 Å². The normalized spacial score (nSPS) is 24.7. The summed E-state index contributed by atoms with van der Waals surface area (Å²) >= 11 is 0. The number of fused-ring (bicyclic) bond motifs is 5. The second kappa shape index (κ2) is 38.6. The molecule has 3 fully saturated rings. The van der Waals surface area contributed by atoms with Gasteiger partial charge in [-0.05, 0) is 112 Å². The largest absolute Gasteiger partial charge is 0.462 e. The van der Waals surface area contributed by atoms with Gasteiger partial charge in [-0.3, -0.25) is 4.79 Å². The van der Waals surface area contributed by atoms with E-state index in [1.165, 1.54) is 51.4 Å². The summed E-state index contributed by atoms with van der Waals surface area (Å²) in [7, 11) is 0. The molecule has 4 aliphatic rings. The first-order valence-electron chi connectivity index (χ1n) is 29.5. The maximum absolute atomic E-state index is 12.8. The van der Waals surface area contributed by atoms with Gasteiger partial charge in [0.25, 0.3) is 0 Å². The standard InChI is InChI=1S/C59H107NO16/c1-47(2)10-9-11-48(3)52-14-15-53-51-13-12-49-46-50(16-19-58(49,7)54(51)17-20-59(52,53)8)75-55(61)18-22-63-24-26-65-28-30-67-32-34-69-36-38-71-40-42-73-44-45-74-43-41-72-39-37-70-35-33-68-31-29-66-27-25-64-23-21-60-56(62)76-57(4,5)6/h12,47-48,50-54H,9-11,13-46H2,1-8H3,(H,60,62)/t48-,50?,51+,52-,53+,54+,58+,59-/m1/s1. The Hall–Kier alpha value is -2.00. The molecule has 0 saturated heterocycles. The molecular formula is C59H107NO16. The van der Waals surface area contributed by atoms with Crippen molar-refractivity contribution in [2.75, 3.05) is 165 Å². The molecule has 0 aromatic heterocycles. The highest BCUT2D eigenvalue weighted by molar-refractivity contribution is 5.69. The van der Waals surface area contributed by atoms with E-state index in [0.717, 1.165) is 54.8 Å². The van der Waals surface area contributed by atoms with Gasteiger partial charge in [0, 0.05) is 13.0 Å². The fourth-order valence-electron chi connectivity index (χ4n) is 12.2. The van der Waals surface area contributed by atoms with Gasteiger partial charge in [0.05, 0.1) is 165 Å². The van der Waals surface area contributed by atoms with E-state index in [4.69, 9.17) is 66.3 Å². The average Bonchev–Trinajstić information content (AvgIpc) is 3.74. The van der Waals surface area contributed by atoms with Crippen LogP contribution < -0.4 is 5.32 Å². The Morgan fingerprint density at radius 3 is 1.46 bits per heavy atom. The van der Waals surface area contributed by atoms with Gasteiger partial charge in [0.2, 0.25) is 0 Å². The summed E-state index contributed by atoms with van der Waals surface area (Å²) in [6, 6.07) is 0. The molecule has 4 aliphatic carbocycles. The molecule has 0 bridgehead atoms.